The molecule has 0 saturated heterocycles. The van der Waals surface area contributed by atoms with Crippen LogP contribution in [0.25, 0.3) is 0 Å². The number of carboxylic acid groups (broad SMARTS) is 1. The van der Waals surface area contributed by atoms with Crippen molar-refractivity contribution in [3.8, 4) is 0 Å². The molecule has 5 heteroatoms. The Hall–Kier alpha value is -2.04. The third kappa shape index (κ3) is 3.48. The van der Waals surface area contributed by atoms with E-state index in [0.717, 1.165) is 17.7 Å². The molecule has 0 radical (unpaired) electrons. The molecule has 0 atom stereocenters. The van der Waals surface area contributed by atoms with Crippen molar-refractivity contribution in [3.05, 3.63) is 35.9 Å². The number of benzene rings is 1. The van der Waals surface area contributed by atoms with Crippen molar-refractivity contribution in [2.45, 2.75) is 19.8 Å². The Morgan fingerprint density at radius 3 is 2.47 bits per heavy atom. The van der Waals surface area contributed by atoms with Crippen LogP contribution < -0.4 is 0 Å². The van der Waals surface area contributed by atoms with Gasteiger partial charge in [0.05, 0.1) is 0 Å². The first-order chi connectivity index (χ1) is 8.20. The molecule has 1 rings (SSSR count). The molecule has 2 N–H and O–H groups in total. The van der Waals surface area contributed by atoms with Gasteiger partial charge in [-0.05, 0) is 6.42 Å². The minimum Gasteiger partial charge on any atom is -0.465 e. The van der Waals surface area contributed by atoms with Crippen LogP contribution in [0, 0.1) is 0 Å². The Bertz CT molecular complexity index is 390. The van der Waals surface area contributed by atoms with E-state index in [1.165, 1.54) is 0 Å². The highest BCUT2D eigenvalue weighted by molar-refractivity contribution is 6.05. The second-order valence-corrected chi connectivity index (χ2v) is 3.58. The fourth-order valence-corrected chi connectivity index (χ4v) is 1.46. The standard InChI is InChI=1S/C12H16N2O3/c1-2-3-9-14(12(15)16)11(13-17)10-7-5-4-6-8-10/h4-8,17H,2-3,9H2,1H3,(H,15,16). The van der Waals surface area contributed by atoms with E-state index in [0.29, 0.717) is 12.1 Å². The molecule has 0 aliphatic carbocycles. The SMILES string of the molecule is CCCCN(C(=O)O)C(=NO)c1ccccc1. The average Bonchev–Trinajstić information content (AvgIpc) is 2.35. The molecule has 5 nitrogen and oxygen atoms in total. The van der Waals surface area contributed by atoms with Crippen LogP contribution in [-0.2, 0) is 0 Å². The van der Waals surface area contributed by atoms with Gasteiger partial charge in [0, 0.05) is 12.1 Å². The molecular formula is C12H16N2O3. The van der Waals surface area contributed by atoms with E-state index < -0.39 is 6.09 Å². The Morgan fingerprint density at radius 1 is 1.35 bits per heavy atom. The van der Waals surface area contributed by atoms with Gasteiger partial charge in [0.25, 0.3) is 0 Å². The van der Waals surface area contributed by atoms with Gasteiger partial charge in [-0.3, -0.25) is 4.90 Å². The third-order valence-electron chi connectivity index (χ3n) is 2.35. The van der Waals surface area contributed by atoms with Crippen LogP contribution in [0.2, 0.25) is 0 Å². The molecular weight excluding hydrogens is 220 g/mol. The number of rotatable bonds is 4. The first-order valence-corrected chi connectivity index (χ1v) is 5.48. The molecule has 0 heterocycles. The largest absolute Gasteiger partial charge is 0.465 e. The first-order valence-electron chi connectivity index (χ1n) is 5.48. The normalized spacial score (nSPS) is 11.2. The molecule has 1 amide bonds. The molecule has 0 aliphatic heterocycles. The Balaban J connectivity index is 2.95. The third-order valence-corrected chi connectivity index (χ3v) is 2.35. The predicted octanol–water partition coefficient (Wildman–Crippen LogP) is 2.60. The zero-order valence-electron chi connectivity index (χ0n) is 9.71. The number of unbranched alkanes of at least 4 members (excludes halogenated alkanes) is 1. The molecule has 1 aromatic rings. The number of amides is 1. The van der Waals surface area contributed by atoms with Gasteiger partial charge in [0.1, 0.15) is 0 Å². The van der Waals surface area contributed by atoms with Crippen molar-refractivity contribution >= 4 is 11.9 Å². The van der Waals surface area contributed by atoms with Gasteiger partial charge in [0.2, 0.25) is 0 Å². The molecule has 0 unspecified atom stereocenters. The fourth-order valence-electron chi connectivity index (χ4n) is 1.46. The second kappa shape index (κ2) is 6.52. The van der Waals surface area contributed by atoms with Gasteiger partial charge in [-0.15, -0.1) is 0 Å². The second-order valence-electron chi connectivity index (χ2n) is 3.58. The summed E-state index contributed by atoms with van der Waals surface area (Å²) < 4.78 is 0. The lowest BCUT2D eigenvalue weighted by molar-refractivity contribution is 0.166. The van der Waals surface area contributed by atoms with Gasteiger partial charge in [-0.25, -0.2) is 4.79 Å². The number of amidine groups is 1. The van der Waals surface area contributed by atoms with E-state index >= 15 is 0 Å². The summed E-state index contributed by atoms with van der Waals surface area (Å²) in [5, 5.41) is 21.2. The van der Waals surface area contributed by atoms with Crippen molar-refractivity contribution in [2.24, 2.45) is 5.16 Å². The summed E-state index contributed by atoms with van der Waals surface area (Å²) in [5.41, 5.74) is 0.577. The minimum absolute atomic E-state index is 0.0616. The van der Waals surface area contributed by atoms with E-state index in [-0.39, 0.29) is 5.84 Å². The van der Waals surface area contributed by atoms with Crippen LogP contribution in [0.5, 0.6) is 0 Å². The quantitative estimate of drug-likeness (QED) is 0.365. The highest BCUT2D eigenvalue weighted by Gasteiger charge is 2.19. The molecule has 92 valence electrons. The van der Waals surface area contributed by atoms with Gasteiger partial charge >= 0.3 is 6.09 Å². The van der Waals surface area contributed by atoms with Crippen LogP contribution >= 0.6 is 0 Å². The molecule has 0 saturated carbocycles. The van der Waals surface area contributed by atoms with Crippen molar-refractivity contribution in [3.63, 3.8) is 0 Å². The maximum absolute atomic E-state index is 11.1. The maximum Gasteiger partial charge on any atom is 0.413 e. The van der Waals surface area contributed by atoms with Gasteiger partial charge < -0.3 is 10.3 Å². The highest BCUT2D eigenvalue weighted by atomic mass is 16.4. The van der Waals surface area contributed by atoms with Crippen molar-refractivity contribution in [1.82, 2.24) is 4.90 Å². The minimum atomic E-state index is -1.12. The Morgan fingerprint density at radius 2 is 2.00 bits per heavy atom. The first kappa shape index (κ1) is 13.0. The van der Waals surface area contributed by atoms with Gasteiger partial charge in [0.15, 0.2) is 5.84 Å². The monoisotopic (exact) mass is 236 g/mol. The lowest BCUT2D eigenvalue weighted by Gasteiger charge is -2.19. The summed E-state index contributed by atoms with van der Waals surface area (Å²) in [6, 6.07) is 8.75. The zero-order valence-corrected chi connectivity index (χ0v) is 9.71. The summed E-state index contributed by atoms with van der Waals surface area (Å²) >= 11 is 0. The van der Waals surface area contributed by atoms with E-state index in [1.54, 1.807) is 24.3 Å². The average molecular weight is 236 g/mol. The molecule has 17 heavy (non-hydrogen) atoms. The van der Waals surface area contributed by atoms with E-state index in [2.05, 4.69) is 5.16 Å². The summed E-state index contributed by atoms with van der Waals surface area (Å²) in [7, 11) is 0. The van der Waals surface area contributed by atoms with Crippen molar-refractivity contribution in [1.29, 1.82) is 0 Å². The van der Waals surface area contributed by atoms with Crippen LogP contribution in [0.15, 0.2) is 35.5 Å². The number of nitrogens with zero attached hydrogens (tertiary/aromatic N) is 2. The molecule has 0 aromatic heterocycles. The van der Waals surface area contributed by atoms with Gasteiger partial charge in [-0.2, -0.15) is 0 Å². The van der Waals surface area contributed by atoms with Crippen LogP contribution in [0.4, 0.5) is 4.79 Å². The van der Waals surface area contributed by atoms with Crippen molar-refractivity contribution < 1.29 is 15.1 Å². The molecule has 0 aliphatic rings. The Kier molecular flexibility index (Phi) is 5.00. The Labute approximate surface area is 100.0 Å². The van der Waals surface area contributed by atoms with E-state index in [1.807, 2.05) is 13.0 Å². The number of carbonyl (C=O) groups is 1. The van der Waals surface area contributed by atoms with Crippen molar-refractivity contribution in [2.75, 3.05) is 6.54 Å². The van der Waals surface area contributed by atoms with Gasteiger partial charge in [-0.1, -0.05) is 48.8 Å². The van der Waals surface area contributed by atoms with Crippen LogP contribution in [-0.4, -0.2) is 33.7 Å². The lowest BCUT2D eigenvalue weighted by Crippen LogP contribution is -2.37. The van der Waals surface area contributed by atoms with E-state index in [4.69, 9.17) is 10.3 Å². The zero-order chi connectivity index (χ0) is 12.7. The predicted molar refractivity (Wildman–Crippen MR) is 64.4 cm³/mol. The molecule has 0 fully saturated rings. The lowest BCUT2D eigenvalue weighted by atomic mass is 10.2. The summed E-state index contributed by atoms with van der Waals surface area (Å²) in [5.74, 6) is 0.0616. The number of hydrogen-bond acceptors (Lipinski definition) is 3. The topological polar surface area (TPSA) is 73.1 Å². The maximum atomic E-state index is 11.1. The summed E-state index contributed by atoms with van der Waals surface area (Å²) in [6.07, 6.45) is 0.477. The molecule has 0 bridgehead atoms. The summed E-state index contributed by atoms with van der Waals surface area (Å²) in [4.78, 5) is 12.2. The smallest absolute Gasteiger partial charge is 0.413 e. The molecule has 0 spiro atoms. The highest BCUT2D eigenvalue weighted by Crippen LogP contribution is 2.08. The fraction of sp³-hybridized carbons (Fsp3) is 0.333. The molecule has 1 aromatic carbocycles. The number of hydrogen-bond donors (Lipinski definition) is 2. The van der Waals surface area contributed by atoms with E-state index in [9.17, 15) is 4.79 Å². The van der Waals surface area contributed by atoms with Crippen LogP contribution in [0.3, 0.4) is 0 Å². The summed E-state index contributed by atoms with van der Waals surface area (Å²) in [6.45, 7) is 2.29. The number of oxime groups is 1. The van der Waals surface area contributed by atoms with Crippen LogP contribution in [0.1, 0.15) is 25.3 Å².